The molecule has 0 aliphatic carbocycles. The molecule has 5 nitrogen and oxygen atoms in total. The number of amides is 1. The van der Waals surface area contributed by atoms with Crippen molar-refractivity contribution < 1.29 is 13.2 Å². The maximum absolute atomic E-state index is 12.4. The first-order valence-electron chi connectivity index (χ1n) is 7.23. The smallest absolute Gasteiger partial charge is 0.233 e. The zero-order valence-corrected chi connectivity index (χ0v) is 13.7. The van der Waals surface area contributed by atoms with Crippen LogP contribution < -0.4 is 0 Å². The third-order valence-electron chi connectivity index (χ3n) is 4.30. The molecule has 0 bridgehead atoms. The van der Waals surface area contributed by atoms with Gasteiger partial charge in [-0.3, -0.25) is 4.79 Å². The van der Waals surface area contributed by atoms with Crippen molar-refractivity contribution in [3.05, 3.63) is 24.0 Å². The van der Waals surface area contributed by atoms with Crippen molar-refractivity contribution in [2.24, 2.45) is 0 Å². The number of carbonyl (C=O) groups is 1. The molecule has 0 radical (unpaired) electrons. The molecule has 116 valence electrons. The van der Waals surface area contributed by atoms with Gasteiger partial charge < -0.3 is 9.47 Å². The standard InChI is InChI=1S/C14H20N2O3S2/c1-11-13-3-2-5-15(13)6-7-16(11)14(17)9-20-12-4-8-21(18,19)10-12/h2-3,5,11-12H,4,6-10H2,1H3/t11-,12-/m0/s1. The van der Waals surface area contributed by atoms with E-state index < -0.39 is 9.84 Å². The summed E-state index contributed by atoms with van der Waals surface area (Å²) in [6, 6.07) is 4.16. The van der Waals surface area contributed by atoms with Crippen molar-refractivity contribution in [1.82, 2.24) is 9.47 Å². The summed E-state index contributed by atoms with van der Waals surface area (Å²) in [4.78, 5) is 14.3. The normalized spacial score (nSPS) is 27.6. The van der Waals surface area contributed by atoms with Gasteiger partial charge in [0.2, 0.25) is 5.91 Å². The van der Waals surface area contributed by atoms with Gasteiger partial charge in [0.25, 0.3) is 0 Å². The SMILES string of the molecule is C[C@H]1c2cccn2CCN1C(=O)CS[C@H]1CCS(=O)(=O)C1. The fraction of sp³-hybridized carbons (Fsp3) is 0.643. The third-order valence-corrected chi connectivity index (χ3v) is 7.56. The fourth-order valence-corrected chi connectivity index (χ4v) is 6.61. The summed E-state index contributed by atoms with van der Waals surface area (Å²) in [6.07, 6.45) is 2.73. The summed E-state index contributed by atoms with van der Waals surface area (Å²) in [5, 5.41) is 0.0860. The predicted molar refractivity (Wildman–Crippen MR) is 84.1 cm³/mol. The Morgan fingerprint density at radius 2 is 2.24 bits per heavy atom. The minimum atomic E-state index is -2.86. The monoisotopic (exact) mass is 328 g/mol. The second kappa shape index (κ2) is 5.68. The van der Waals surface area contributed by atoms with Crippen molar-refractivity contribution in [3.8, 4) is 0 Å². The highest BCUT2D eigenvalue weighted by molar-refractivity contribution is 8.02. The minimum absolute atomic E-state index is 0.0860. The Labute approximate surface area is 129 Å². The molecule has 1 amide bonds. The number of rotatable bonds is 3. The summed E-state index contributed by atoms with van der Waals surface area (Å²) < 4.78 is 25.1. The van der Waals surface area contributed by atoms with Gasteiger partial charge in [0.05, 0.1) is 23.3 Å². The molecule has 1 saturated heterocycles. The van der Waals surface area contributed by atoms with Crippen molar-refractivity contribution in [2.45, 2.75) is 31.2 Å². The van der Waals surface area contributed by atoms with Crippen LogP contribution in [0.15, 0.2) is 18.3 Å². The lowest BCUT2D eigenvalue weighted by molar-refractivity contribution is -0.131. The molecule has 7 heteroatoms. The highest BCUT2D eigenvalue weighted by Gasteiger charge is 2.31. The van der Waals surface area contributed by atoms with Gasteiger partial charge in [-0.05, 0) is 25.5 Å². The van der Waals surface area contributed by atoms with Gasteiger partial charge in [0.15, 0.2) is 9.84 Å². The molecule has 0 saturated carbocycles. The molecule has 2 aliphatic heterocycles. The number of carbonyl (C=O) groups excluding carboxylic acids is 1. The molecule has 3 heterocycles. The van der Waals surface area contributed by atoms with E-state index in [0.29, 0.717) is 12.2 Å². The molecular formula is C14H20N2O3S2. The van der Waals surface area contributed by atoms with Crippen molar-refractivity contribution in [3.63, 3.8) is 0 Å². The summed E-state index contributed by atoms with van der Waals surface area (Å²) in [7, 11) is -2.86. The van der Waals surface area contributed by atoms with E-state index in [1.807, 2.05) is 24.1 Å². The van der Waals surface area contributed by atoms with Crippen LogP contribution in [0.3, 0.4) is 0 Å². The van der Waals surface area contributed by atoms with Gasteiger partial charge in [-0.15, -0.1) is 11.8 Å². The first-order valence-corrected chi connectivity index (χ1v) is 10.1. The molecule has 3 rings (SSSR count). The number of hydrogen-bond donors (Lipinski definition) is 0. The lowest BCUT2D eigenvalue weighted by Crippen LogP contribution is -2.41. The zero-order valence-electron chi connectivity index (χ0n) is 12.1. The Morgan fingerprint density at radius 1 is 1.43 bits per heavy atom. The van der Waals surface area contributed by atoms with Crippen LogP contribution in [0.25, 0.3) is 0 Å². The topological polar surface area (TPSA) is 59.4 Å². The van der Waals surface area contributed by atoms with Gasteiger partial charge in [-0.2, -0.15) is 0 Å². The molecule has 21 heavy (non-hydrogen) atoms. The highest BCUT2D eigenvalue weighted by atomic mass is 32.2. The van der Waals surface area contributed by atoms with Gasteiger partial charge in [0, 0.05) is 30.2 Å². The number of aromatic nitrogens is 1. The number of sulfone groups is 1. The highest BCUT2D eigenvalue weighted by Crippen LogP contribution is 2.28. The second-order valence-corrected chi connectivity index (χ2v) is 9.24. The average molecular weight is 328 g/mol. The second-order valence-electron chi connectivity index (χ2n) is 5.73. The number of nitrogens with zero attached hydrogens (tertiary/aromatic N) is 2. The van der Waals surface area contributed by atoms with E-state index in [9.17, 15) is 13.2 Å². The maximum Gasteiger partial charge on any atom is 0.233 e. The van der Waals surface area contributed by atoms with E-state index in [0.717, 1.165) is 13.1 Å². The summed E-state index contributed by atoms with van der Waals surface area (Å²) in [5.41, 5.74) is 1.17. The first kappa shape index (κ1) is 15.0. The van der Waals surface area contributed by atoms with E-state index in [4.69, 9.17) is 0 Å². The Kier molecular flexibility index (Phi) is 4.05. The van der Waals surface area contributed by atoms with E-state index in [1.165, 1.54) is 17.5 Å². The largest absolute Gasteiger partial charge is 0.348 e. The predicted octanol–water partition coefficient (Wildman–Crippen LogP) is 1.31. The number of hydrogen-bond acceptors (Lipinski definition) is 4. The fourth-order valence-electron chi connectivity index (χ4n) is 3.08. The summed E-state index contributed by atoms with van der Waals surface area (Å²) in [5.74, 6) is 0.991. The summed E-state index contributed by atoms with van der Waals surface area (Å²) >= 11 is 1.50. The van der Waals surface area contributed by atoms with Crippen LogP contribution in [0, 0.1) is 0 Å². The van der Waals surface area contributed by atoms with E-state index in [2.05, 4.69) is 10.6 Å². The molecule has 0 N–H and O–H groups in total. The van der Waals surface area contributed by atoms with Crippen molar-refractivity contribution in [1.29, 1.82) is 0 Å². The lowest BCUT2D eigenvalue weighted by atomic mass is 10.1. The Hall–Kier alpha value is -0.950. The van der Waals surface area contributed by atoms with Crippen LogP contribution in [-0.2, 0) is 21.2 Å². The molecule has 2 atom stereocenters. The number of thioether (sulfide) groups is 1. The van der Waals surface area contributed by atoms with E-state index in [1.54, 1.807) is 0 Å². The Morgan fingerprint density at radius 3 is 2.95 bits per heavy atom. The van der Waals surface area contributed by atoms with Crippen LogP contribution in [0.2, 0.25) is 0 Å². The van der Waals surface area contributed by atoms with E-state index in [-0.39, 0.29) is 28.7 Å². The molecule has 1 fully saturated rings. The summed E-state index contributed by atoms with van der Waals surface area (Å²) in [6.45, 7) is 3.61. The van der Waals surface area contributed by atoms with Crippen LogP contribution in [0.1, 0.15) is 25.1 Å². The van der Waals surface area contributed by atoms with Gasteiger partial charge in [-0.25, -0.2) is 8.42 Å². The number of fused-ring (bicyclic) bond motifs is 1. The molecule has 0 aromatic carbocycles. The van der Waals surface area contributed by atoms with Crippen LogP contribution >= 0.6 is 11.8 Å². The Bertz CT molecular complexity index is 638. The minimum Gasteiger partial charge on any atom is -0.348 e. The third kappa shape index (κ3) is 3.13. The maximum atomic E-state index is 12.4. The zero-order chi connectivity index (χ0) is 15.0. The molecule has 1 aromatic rings. The molecule has 0 unspecified atom stereocenters. The van der Waals surface area contributed by atoms with Gasteiger partial charge in [-0.1, -0.05) is 0 Å². The van der Waals surface area contributed by atoms with Crippen molar-refractivity contribution in [2.75, 3.05) is 23.8 Å². The van der Waals surface area contributed by atoms with E-state index >= 15 is 0 Å². The molecular weight excluding hydrogens is 308 g/mol. The van der Waals surface area contributed by atoms with Crippen LogP contribution in [0.5, 0.6) is 0 Å². The first-order chi connectivity index (χ1) is 9.96. The van der Waals surface area contributed by atoms with Crippen molar-refractivity contribution >= 4 is 27.5 Å². The molecule has 1 aromatic heterocycles. The van der Waals surface area contributed by atoms with Crippen LogP contribution in [-0.4, -0.2) is 52.8 Å². The lowest BCUT2D eigenvalue weighted by Gasteiger charge is -2.35. The molecule has 2 aliphatic rings. The van der Waals surface area contributed by atoms with Gasteiger partial charge in [0.1, 0.15) is 0 Å². The quantitative estimate of drug-likeness (QED) is 0.839. The Balaban J connectivity index is 1.57. The molecule has 0 spiro atoms. The van der Waals surface area contributed by atoms with Gasteiger partial charge >= 0.3 is 0 Å². The average Bonchev–Trinajstić information content (AvgIpc) is 3.03. The van der Waals surface area contributed by atoms with Crippen LogP contribution in [0.4, 0.5) is 0 Å².